The van der Waals surface area contributed by atoms with Crippen LogP contribution in [0.15, 0.2) is 0 Å². The number of carboxylic acids is 1. The van der Waals surface area contributed by atoms with Crippen molar-refractivity contribution < 1.29 is 29.0 Å². The summed E-state index contributed by atoms with van der Waals surface area (Å²) in [6, 6.07) is -1.16. The van der Waals surface area contributed by atoms with Gasteiger partial charge in [-0.1, -0.05) is 0 Å². The van der Waals surface area contributed by atoms with Gasteiger partial charge in [-0.2, -0.15) is 0 Å². The number of carbonyl (C=O) groups is 1. The Morgan fingerprint density at radius 1 is 1.62 bits per heavy atom. The minimum Gasteiger partial charge on any atom is -0.480 e. The largest absolute Gasteiger partial charge is 0.694 e. The lowest BCUT2D eigenvalue weighted by Crippen LogP contribution is -2.39. The number of hydrogen-bond acceptors (Lipinski definition) is 5. The number of carboxylic acid groups (broad SMARTS) is 1. The highest BCUT2D eigenvalue weighted by Crippen LogP contribution is 2.09. The first-order valence-electron chi connectivity index (χ1n) is 3.19. The van der Waals surface area contributed by atoms with E-state index in [1.54, 1.807) is 0 Å². The topological polar surface area (TPSA) is 130 Å². The van der Waals surface area contributed by atoms with Crippen LogP contribution in [-0.2, 0) is 13.9 Å². The quantitative estimate of drug-likeness (QED) is 0.446. The first-order valence-corrected chi connectivity index (χ1v) is 4.32. The van der Waals surface area contributed by atoms with Crippen LogP contribution in [0.3, 0.4) is 0 Å². The van der Waals surface area contributed by atoms with Crippen molar-refractivity contribution in [2.45, 2.75) is 19.1 Å². The zero-order chi connectivity index (χ0) is 11.0. The van der Waals surface area contributed by atoms with Gasteiger partial charge in [0.2, 0.25) is 0 Å². The first kappa shape index (κ1) is 14.9. The van der Waals surface area contributed by atoms with E-state index in [9.17, 15) is 9.36 Å². The molecule has 0 radical (unpaired) electrons. The van der Waals surface area contributed by atoms with Crippen LogP contribution in [0.2, 0.25) is 0 Å². The summed E-state index contributed by atoms with van der Waals surface area (Å²) in [5, 5.41) is 16.6. The van der Waals surface area contributed by atoms with E-state index >= 15 is 0 Å². The predicted octanol–water partition coefficient (Wildman–Crippen LogP) is -0.938. The van der Waals surface area contributed by atoms with Gasteiger partial charge in [-0.3, -0.25) is 4.79 Å². The average molecular weight is 214 g/mol. The van der Waals surface area contributed by atoms with Crippen LogP contribution in [0.1, 0.15) is 6.92 Å². The maximum Gasteiger partial charge on any atom is 0.694 e. The lowest BCUT2D eigenvalue weighted by Gasteiger charge is -2.06. The van der Waals surface area contributed by atoms with Crippen molar-refractivity contribution in [3.63, 3.8) is 0 Å². The van der Waals surface area contributed by atoms with Crippen molar-refractivity contribution in [2.75, 3.05) is 7.11 Å². The molecule has 0 bridgehead atoms. The van der Waals surface area contributed by atoms with Gasteiger partial charge in [-0.25, -0.2) is 0 Å². The Morgan fingerprint density at radius 2 is 1.92 bits per heavy atom. The third-order valence-corrected chi connectivity index (χ3v) is 1.27. The van der Waals surface area contributed by atoms with Gasteiger partial charge < -0.3 is 15.9 Å². The highest BCUT2D eigenvalue weighted by Gasteiger charge is 2.16. The molecule has 0 saturated carbocycles. The minimum atomic E-state index is -2.35. The average Bonchev–Trinajstić information content (AvgIpc) is 2.03. The maximum absolute atomic E-state index is 9.86. The van der Waals surface area contributed by atoms with Crippen molar-refractivity contribution in [3.05, 3.63) is 0 Å². The zero-order valence-corrected chi connectivity index (χ0v) is 8.14. The summed E-state index contributed by atoms with van der Waals surface area (Å²) in [5.74, 6) is -1.18. The van der Waals surface area contributed by atoms with Gasteiger partial charge in [0.1, 0.15) is 6.04 Å². The molecule has 0 aromatic carbocycles. The molecule has 0 aromatic rings. The van der Waals surface area contributed by atoms with Crippen LogP contribution < -0.4 is 5.73 Å². The van der Waals surface area contributed by atoms with E-state index in [1.165, 1.54) is 14.0 Å². The van der Waals surface area contributed by atoms with Gasteiger partial charge in [-0.05, 0) is 6.92 Å². The Labute approximate surface area is 76.1 Å². The van der Waals surface area contributed by atoms with Crippen LogP contribution in [0.4, 0.5) is 0 Å². The second kappa shape index (κ2) is 8.03. The van der Waals surface area contributed by atoms with E-state index in [4.69, 9.17) is 20.8 Å². The molecule has 0 aliphatic carbocycles. The summed E-state index contributed by atoms with van der Waals surface area (Å²) in [7, 11) is -1.18. The van der Waals surface area contributed by atoms with Gasteiger partial charge in [0.15, 0.2) is 0 Å². The zero-order valence-electron chi connectivity index (χ0n) is 7.25. The second-order valence-electron chi connectivity index (χ2n) is 2.03. The number of aliphatic hydroxyl groups is 1. The monoisotopic (exact) mass is 214 g/mol. The fourth-order valence-electron chi connectivity index (χ4n) is 0.206. The van der Waals surface area contributed by atoms with Gasteiger partial charge in [0.05, 0.1) is 13.2 Å². The second-order valence-corrected chi connectivity index (χ2v) is 2.87. The van der Waals surface area contributed by atoms with E-state index < -0.39 is 26.4 Å². The third kappa shape index (κ3) is 11.4. The molecular formula is C5H13NO6P+. The van der Waals surface area contributed by atoms with Crippen molar-refractivity contribution in [1.29, 1.82) is 0 Å². The molecule has 0 aliphatic heterocycles. The Hall–Kier alpha value is -0.590. The van der Waals surface area contributed by atoms with Crippen molar-refractivity contribution in [1.82, 2.24) is 0 Å². The standard InChI is InChI=1S/C4H9NO3.CH3O3P/c1-2(6)3(5)4(7)8;1-4-5(2)3/h2-3,6H,5H2,1H3,(H,7,8);1H3/p+1. The summed E-state index contributed by atoms with van der Waals surface area (Å²) in [5.41, 5.74) is 4.91. The summed E-state index contributed by atoms with van der Waals surface area (Å²) < 4.78 is 13.1. The molecule has 3 atom stereocenters. The molecule has 78 valence electrons. The summed E-state index contributed by atoms with van der Waals surface area (Å²) >= 11 is 0. The van der Waals surface area contributed by atoms with E-state index in [1.807, 2.05) is 0 Å². The molecule has 0 fully saturated rings. The van der Waals surface area contributed by atoms with E-state index in [0.29, 0.717) is 0 Å². The normalized spacial score (nSPS) is 15.0. The van der Waals surface area contributed by atoms with Crippen molar-refractivity contribution in [2.24, 2.45) is 5.73 Å². The number of aliphatic hydroxyl groups excluding tert-OH is 1. The molecule has 5 N–H and O–H groups in total. The number of hydrogen-bond donors (Lipinski definition) is 4. The fourth-order valence-corrected chi connectivity index (χ4v) is 0.206. The molecule has 0 rings (SSSR count). The van der Waals surface area contributed by atoms with Crippen LogP contribution in [0, 0.1) is 0 Å². The molecule has 13 heavy (non-hydrogen) atoms. The van der Waals surface area contributed by atoms with Gasteiger partial charge >= 0.3 is 14.2 Å². The molecule has 0 spiro atoms. The Balaban J connectivity index is 0. The molecular weight excluding hydrogens is 201 g/mol. The minimum absolute atomic E-state index is 0.979. The SMILES string of the molecule is CC(O)C(N)C(=O)O.CO[P+](=O)O. The highest BCUT2D eigenvalue weighted by atomic mass is 31.1. The van der Waals surface area contributed by atoms with E-state index in [0.717, 1.165) is 0 Å². The molecule has 0 saturated heterocycles. The summed E-state index contributed by atoms with van der Waals surface area (Å²) in [6.45, 7) is 1.33. The number of aliphatic carboxylic acids is 1. The third-order valence-electron chi connectivity index (χ3n) is 0.961. The van der Waals surface area contributed by atoms with Crippen LogP contribution in [0.25, 0.3) is 0 Å². The van der Waals surface area contributed by atoms with Gasteiger partial charge in [-0.15, -0.1) is 9.42 Å². The fraction of sp³-hybridized carbons (Fsp3) is 0.800. The number of rotatable bonds is 3. The van der Waals surface area contributed by atoms with Crippen molar-refractivity contribution >= 4 is 14.2 Å². The molecule has 0 amide bonds. The van der Waals surface area contributed by atoms with Crippen LogP contribution in [0.5, 0.6) is 0 Å². The number of nitrogens with two attached hydrogens (primary N) is 1. The van der Waals surface area contributed by atoms with Crippen LogP contribution in [-0.4, -0.2) is 40.3 Å². The highest BCUT2D eigenvalue weighted by molar-refractivity contribution is 7.32. The van der Waals surface area contributed by atoms with Gasteiger partial charge in [0.25, 0.3) is 0 Å². The molecule has 7 nitrogen and oxygen atoms in total. The van der Waals surface area contributed by atoms with E-state index in [-0.39, 0.29) is 0 Å². The Bertz CT molecular complexity index is 172. The lowest BCUT2D eigenvalue weighted by molar-refractivity contribution is -0.140. The maximum atomic E-state index is 9.86. The lowest BCUT2D eigenvalue weighted by atomic mass is 10.2. The predicted molar refractivity (Wildman–Crippen MR) is 44.1 cm³/mol. The molecule has 0 aromatic heterocycles. The molecule has 0 aliphatic rings. The molecule has 3 unspecified atom stereocenters. The van der Waals surface area contributed by atoms with Crippen LogP contribution >= 0.6 is 8.25 Å². The van der Waals surface area contributed by atoms with E-state index in [2.05, 4.69) is 4.52 Å². The molecule has 0 heterocycles. The smallest absolute Gasteiger partial charge is 0.480 e. The Morgan fingerprint density at radius 3 is 1.92 bits per heavy atom. The van der Waals surface area contributed by atoms with Gasteiger partial charge in [0, 0.05) is 4.57 Å². The van der Waals surface area contributed by atoms with Crippen molar-refractivity contribution in [3.8, 4) is 0 Å². The summed E-state index contributed by atoms with van der Waals surface area (Å²) in [4.78, 5) is 17.5. The summed E-state index contributed by atoms with van der Waals surface area (Å²) in [6.07, 6.45) is -0.979. The molecule has 8 heteroatoms. The Kier molecular flexibility index (Phi) is 9.21. The first-order chi connectivity index (χ1) is 5.82.